The summed E-state index contributed by atoms with van der Waals surface area (Å²) < 4.78 is 27.2. The Labute approximate surface area is 188 Å². The lowest BCUT2D eigenvalue weighted by Gasteiger charge is -2.33. The molecule has 1 atom stereocenters. The molecule has 32 heavy (non-hydrogen) atoms. The highest BCUT2D eigenvalue weighted by Gasteiger charge is 2.44. The molecule has 8 nitrogen and oxygen atoms in total. The first-order valence-electron chi connectivity index (χ1n) is 10.4. The molecule has 174 valence electrons. The van der Waals surface area contributed by atoms with Crippen molar-refractivity contribution in [1.29, 1.82) is 0 Å². The molecule has 0 aromatic heterocycles. The molecule has 0 spiro atoms. The minimum Gasteiger partial charge on any atom is -0.493 e. The number of rotatable bonds is 8. The number of ether oxygens (including phenoxy) is 5. The van der Waals surface area contributed by atoms with Crippen molar-refractivity contribution in [2.75, 3.05) is 48.6 Å². The van der Waals surface area contributed by atoms with Gasteiger partial charge in [-0.2, -0.15) is 0 Å². The summed E-state index contributed by atoms with van der Waals surface area (Å²) in [5, 5.41) is 11.9. The third-order valence-electron chi connectivity index (χ3n) is 5.75. The first-order chi connectivity index (χ1) is 15.4. The summed E-state index contributed by atoms with van der Waals surface area (Å²) in [5.74, 6) is 0.960. The van der Waals surface area contributed by atoms with Crippen LogP contribution >= 0.6 is 0 Å². The molecule has 0 bridgehead atoms. The zero-order valence-corrected chi connectivity index (χ0v) is 19.2. The second-order valence-electron chi connectivity index (χ2n) is 7.78. The predicted molar refractivity (Wildman–Crippen MR) is 119 cm³/mol. The summed E-state index contributed by atoms with van der Waals surface area (Å²) in [7, 11) is 8.01. The molecule has 1 saturated heterocycles. The molecule has 1 fully saturated rings. The van der Waals surface area contributed by atoms with Crippen LogP contribution in [-0.2, 0) is 15.1 Å². The Hall–Kier alpha value is -2.97. The maximum absolute atomic E-state index is 13.5. The molecule has 2 aromatic carbocycles. The Morgan fingerprint density at radius 1 is 0.906 bits per heavy atom. The van der Waals surface area contributed by atoms with Crippen molar-refractivity contribution in [2.24, 2.45) is 0 Å². The number of benzene rings is 2. The number of aliphatic hydroxyl groups is 1. The standard InChI is InChI=1S/C24H31NO7/c1-25-12-6-7-18(15-25)32-23(26)24(27,16-8-10-19(28-2)21(13-16)30-4)17-9-11-20(29-3)22(14-17)31-5/h8-11,13-14,18,27H,6-7,12,15H2,1-5H3. The van der Waals surface area contributed by atoms with Gasteiger partial charge in [0.25, 0.3) is 0 Å². The summed E-state index contributed by atoms with van der Waals surface area (Å²) in [6, 6.07) is 9.66. The predicted octanol–water partition coefficient (Wildman–Crippen LogP) is 2.59. The summed E-state index contributed by atoms with van der Waals surface area (Å²) in [5.41, 5.74) is -1.53. The van der Waals surface area contributed by atoms with Crippen LogP contribution < -0.4 is 18.9 Å². The van der Waals surface area contributed by atoms with Gasteiger partial charge >= 0.3 is 5.97 Å². The van der Waals surface area contributed by atoms with Crippen LogP contribution in [0.3, 0.4) is 0 Å². The van der Waals surface area contributed by atoms with Gasteiger partial charge in [-0.25, -0.2) is 4.79 Å². The maximum atomic E-state index is 13.5. The van der Waals surface area contributed by atoms with E-state index in [4.69, 9.17) is 23.7 Å². The van der Waals surface area contributed by atoms with Crippen molar-refractivity contribution >= 4 is 5.97 Å². The van der Waals surface area contributed by atoms with E-state index in [1.54, 1.807) is 36.4 Å². The Kier molecular flexibility index (Phi) is 7.48. The van der Waals surface area contributed by atoms with Crippen molar-refractivity contribution in [1.82, 2.24) is 4.90 Å². The van der Waals surface area contributed by atoms with E-state index in [0.29, 0.717) is 29.5 Å². The Morgan fingerprint density at radius 3 is 1.84 bits per heavy atom. The SMILES string of the molecule is COc1ccc(C(O)(C(=O)OC2CCCN(C)C2)c2ccc(OC)c(OC)c2)cc1OC. The molecule has 2 aromatic rings. The molecule has 0 radical (unpaired) electrons. The van der Waals surface area contributed by atoms with Crippen molar-refractivity contribution in [3.8, 4) is 23.0 Å². The van der Waals surface area contributed by atoms with Gasteiger partial charge < -0.3 is 33.7 Å². The minimum absolute atomic E-state index is 0.288. The number of nitrogens with zero attached hydrogens (tertiary/aromatic N) is 1. The van der Waals surface area contributed by atoms with Gasteiger partial charge in [-0.3, -0.25) is 0 Å². The van der Waals surface area contributed by atoms with Crippen LogP contribution in [0.2, 0.25) is 0 Å². The van der Waals surface area contributed by atoms with Crippen molar-refractivity contribution in [2.45, 2.75) is 24.5 Å². The van der Waals surface area contributed by atoms with Crippen molar-refractivity contribution < 1.29 is 33.6 Å². The fourth-order valence-electron chi connectivity index (χ4n) is 3.98. The summed E-state index contributed by atoms with van der Waals surface area (Å²) in [6.45, 7) is 1.56. The van der Waals surface area contributed by atoms with E-state index in [2.05, 4.69) is 4.90 Å². The summed E-state index contributed by atoms with van der Waals surface area (Å²) in [4.78, 5) is 15.6. The highest BCUT2D eigenvalue weighted by molar-refractivity contribution is 5.86. The average Bonchev–Trinajstić information content (AvgIpc) is 2.82. The number of hydrogen-bond donors (Lipinski definition) is 1. The van der Waals surface area contributed by atoms with Gasteiger partial charge in [0.1, 0.15) is 6.10 Å². The lowest BCUT2D eigenvalue weighted by molar-refractivity contribution is -0.170. The molecule has 1 heterocycles. The second kappa shape index (κ2) is 10.1. The molecule has 1 N–H and O–H groups in total. The van der Waals surface area contributed by atoms with Crippen LogP contribution in [0.25, 0.3) is 0 Å². The number of piperidine rings is 1. The average molecular weight is 446 g/mol. The monoisotopic (exact) mass is 445 g/mol. The molecule has 1 unspecified atom stereocenters. The van der Waals surface area contributed by atoms with E-state index < -0.39 is 11.6 Å². The van der Waals surface area contributed by atoms with Gasteiger partial charge in [0.05, 0.1) is 28.4 Å². The summed E-state index contributed by atoms with van der Waals surface area (Å²) >= 11 is 0. The third-order valence-corrected chi connectivity index (χ3v) is 5.75. The van der Waals surface area contributed by atoms with Crippen LogP contribution in [0.15, 0.2) is 36.4 Å². The highest BCUT2D eigenvalue weighted by atomic mass is 16.6. The number of carbonyl (C=O) groups is 1. The van der Waals surface area contributed by atoms with Gasteiger partial charge in [0.15, 0.2) is 23.0 Å². The topological polar surface area (TPSA) is 86.7 Å². The van der Waals surface area contributed by atoms with Crippen LogP contribution in [0.5, 0.6) is 23.0 Å². The van der Waals surface area contributed by atoms with Gasteiger partial charge in [0, 0.05) is 17.7 Å². The lowest BCUT2D eigenvalue weighted by Crippen LogP contribution is -2.44. The van der Waals surface area contributed by atoms with Gasteiger partial charge in [0.2, 0.25) is 5.60 Å². The molecule has 1 aliphatic rings. The van der Waals surface area contributed by atoms with Crippen LogP contribution in [0.1, 0.15) is 24.0 Å². The fourth-order valence-corrected chi connectivity index (χ4v) is 3.98. The van der Waals surface area contributed by atoms with Crippen LogP contribution in [0.4, 0.5) is 0 Å². The number of carbonyl (C=O) groups excluding carboxylic acids is 1. The summed E-state index contributed by atoms with van der Waals surface area (Å²) in [6.07, 6.45) is 1.34. The largest absolute Gasteiger partial charge is 0.493 e. The first-order valence-corrected chi connectivity index (χ1v) is 10.4. The fraction of sp³-hybridized carbons (Fsp3) is 0.458. The molecular weight excluding hydrogens is 414 g/mol. The molecular formula is C24H31NO7. The van der Waals surface area contributed by atoms with Crippen molar-refractivity contribution in [3.05, 3.63) is 47.5 Å². The first kappa shape index (κ1) is 23.7. The Balaban J connectivity index is 2.09. The van der Waals surface area contributed by atoms with E-state index in [0.717, 1.165) is 19.4 Å². The minimum atomic E-state index is -2.10. The molecule has 0 amide bonds. The number of likely N-dealkylation sites (tertiary alicyclic amines) is 1. The third kappa shape index (κ3) is 4.61. The number of likely N-dealkylation sites (N-methyl/N-ethyl adjacent to an activating group) is 1. The van der Waals surface area contributed by atoms with Crippen LogP contribution in [-0.4, -0.2) is 70.7 Å². The van der Waals surface area contributed by atoms with Crippen molar-refractivity contribution in [3.63, 3.8) is 0 Å². The highest BCUT2D eigenvalue weighted by Crippen LogP contribution is 2.40. The van der Waals surface area contributed by atoms with E-state index in [1.165, 1.54) is 28.4 Å². The zero-order valence-electron chi connectivity index (χ0n) is 19.2. The molecule has 8 heteroatoms. The second-order valence-corrected chi connectivity index (χ2v) is 7.78. The molecule has 3 rings (SSSR count). The smallest absolute Gasteiger partial charge is 0.348 e. The van der Waals surface area contributed by atoms with Gasteiger partial charge in [-0.15, -0.1) is 0 Å². The van der Waals surface area contributed by atoms with Gasteiger partial charge in [-0.1, -0.05) is 12.1 Å². The van der Waals surface area contributed by atoms with E-state index >= 15 is 0 Å². The Bertz CT molecular complexity index is 890. The molecule has 1 aliphatic heterocycles. The number of methoxy groups -OCH3 is 4. The number of hydrogen-bond acceptors (Lipinski definition) is 8. The van der Waals surface area contributed by atoms with E-state index in [1.807, 2.05) is 7.05 Å². The van der Waals surface area contributed by atoms with Gasteiger partial charge in [-0.05, 0) is 50.7 Å². The quantitative estimate of drug-likeness (QED) is 0.621. The molecule has 0 saturated carbocycles. The Morgan fingerprint density at radius 2 is 1.41 bits per heavy atom. The normalized spacial score (nSPS) is 16.9. The lowest BCUT2D eigenvalue weighted by atomic mass is 9.85. The zero-order chi connectivity index (χ0) is 23.3. The van der Waals surface area contributed by atoms with Crippen LogP contribution in [0, 0.1) is 0 Å². The number of esters is 1. The maximum Gasteiger partial charge on any atom is 0.348 e. The molecule has 0 aliphatic carbocycles. The van der Waals surface area contributed by atoms with E-state index in [-0.39, 0.29) is 17.2 Å². The van der Waals surface area contributed by atoms with E-state index in [9.17, 15) is 9.90 Å².